The van der Waals surface area contributed by atoms with E-state index >= 15 is 0 Å². The number of hydrogen-bond donors (Lipinski definition) is 3. The van der Waals surface area contributed by atoms with Gasteiger partial charge >= 0.3 is 6.03 Å². The van der Waals surface area contributed by atoms with Crippen LogP contribution in [0, 0.1) is 12.8 Å². The minimum Gasteiger partial charge on any atom is -0.549 e. The number of carboxylic acids is 2. The monoisotopic (exact) mass is 512 g/mol. The highest BCUT2D eigenvalue weighted by Crippen LogP contribution is 2.24. The Labute approximate surface area is 210 Å². The Hall–Kier alpha value is -4.19. The van der Waals surface area contributed by atoms with Gasteiger partial charge in [-0.25, -0.2) is 9.78 Å². The van der Waals surface area contributed by atoms with E-state index in [2.05, 4.69) is 20.9 Å². The Morgan fingerprint density at radius 3 is 2.39 bits per heavy atom. The normalized spacial score (nSPS) is 10.7. The van der Waals surface area contributed by atoms with Gasteiger partial charge in [0.2, 0.25) is 5.91 Å². The second kappa shape index (κ2) is 12.5. The van der Waals surface area contributed by atoms with Crippen LogP contribution in [-0.4, -0.2) is 48.6 Å². The molecule has 1 heterocycles. The summed E-state index contributed by atoms with van der Waals surface area (Å²) >= 11 is 1.55. The van der Waals surface area contributed by atoms with Crippen LogP contribution < -0.4 is 30.9 Å². The summed E-state index contributed by atoms with van der Waals surface area (Å²) in [6.45, 7) is 2.44. The number of hydrogen-bond acceptors (Lipinski definition) is 9. The molecule has 0 unspecified atom stereocenters. The molecule has 0 saturated carbocycles. The third kappa shape index (κ3) is 7.94. The van der Waals surface area contributed by atoms with Crippen LogP contribution in [0.15, 0.2) is 42.5 Å². The topological polar surface area (TPSA) is 173 Å². The van der Waals surface area contributed by atoms with Crippen molar-refractivity contribution in [2.75, 3.05) is 25.0 Å². The number of thiazole rings is 1. The molecular weight excluding hydrogens is 488 g/mol. The fourth-order valence-electron chi connectivity index (χ4n) is 3.25. The summed E-state index contributed by atoms with van der Waals surface area (Å²) in [6, 6.07) is 11.2. The van der Waals surface area contributed by atoms with Gasteiger partial charge in [0.1, 0.15) is 12.4 Å². The van der Waals surface area contributed by atoms with Crippen LogP contribution in [0.5, 0.6) is 5.75 Å². The van der Waals surface area contributed by atoms with E-state index in [0.29, 0.717) is 17.0 Å². The molecule has 12 heteroatoms. The fourth-order valence-corrected chi connectivity index (χ4v) is 4.11. The van der Waals surface area contributed by atoms with Crippen LogP contribution in [0.1, 0.15) is 17.0 Å². The Morgan fingerprint density at radius 2 is 1.69 bits per heavy atom. The summed E-state index contributed by atoms with van der Waals surface area (Å²) in [5, 5.41) is 30.6. The Kier molecular flexibility index (Phi) is 9.17. The Balaban J connectivity index is 1.30. The summed E-state index contributed by atoms with van der Waals surface area (Å²) in [6.07, 6.45) is -0.154. The average molecular weight is 513 g/mol. The summed E-state index contributed by atoms with van der Waals surface area (Å²) in [5.41, 5.74) is 2.03. The van der Waals surface area contributed by atoms with Crippen molar-refractivity contribution in [1.29, 1.82) is 0 Å². The molecule has 11 nitrogen and oxygen atoms in total. The number of aryl methyl sites for hydroxylation is 1. The van der Waals surface area contributed by atoms with Crippen LogP contribution >= 0.6 is 11.3 Å². The van der Waals surface area contributed by atoms with Gasteiger partial charge in [-0.3, -0.25) is 4.79 Å². The summed E-state index contributed by atoms with van der Waals surface area (Å²) in [5.74, 6) is -4.91. The Morgan fingerprint density at radius 1 is 1.00 bits per heavy atom. The highest BCUT2D eigenvalue weighted by Gasteiger charge is 2.12. The van der Waals surface area contributed by atoms with Crippen LogP contribution in [0.2, 0.25) is 0 Å². The van der Waals surface area contributed by atoms with Gasteiger partial charge in [-0.15, -0.1) is 11.3 Å². The molecular formula is C24H24N4O7S-2. The molecule has 0 spiro atoms. The molecule has 0 aliphatic heterocycles. The van der Waals surface area contributed by atoms with Crippen molar-refractivity contribution < 1.29 is 34.1 Å². The van der Waals surface area contributed by atoms with Crippen LogP contribution in [0.3, 0.4) is 0 Å². The quantitative estimate of drug-likeness (QED) is 0.224. The van der Waals surface area contributed by atoms with E-state index in [1.54, 1.807) is 29.5 Å². The van der Waals surface area contributed by atoms with Crippen molar-refractivity contribution in [3.63, 3.8) is 0 Å². The third-order valence-corrected chi connectivity index (χ3v) is 5.94. The van der Waals surface area contributed by atoms with Gasteiger partial charge in [-0.1, -0.05) is 12.1 Å². The predicted molar refractivity (Wildman–Crippen MR) is 128 cm³/mol. The second-order valence-electron chi connectivity index (χ2n) is 7.78. The first-order valence-corrected chi connectivity index (χ1v) is 11.8. The molecule has 0 aliphatic carbocycles. The van der Waals surface area contributed by atoms with Crippen molar-refractivity contribution in [2.24, 2.45) is 5.92 Å². The van der Waals surface area contributed by atoms with Gasteiger partial charge in [-0.2, -0.15) is 0 Å². The maximum absolute atomic E-state index is 12.1. The van der Waals surface area contributed by atoms with Crippen LogP contribution in [0.25, 0.3) is 10.2 Å². The molecule has 1 aromatic heterocycles. The smallest absolute Gasteiger partial charge is 0.314 e. The minimum absolute atomic E-state index is 0.104. The molecule has 0 aliphatic rings. The van der Waals surface area contributed by atoms with E-state index < -0.39 is 23.9 Å². The molecule has 0 saturated heterocycles. The number of anilines is 1. The van der Waals surface area contributed by atoms with Gasteiger partial charge in [-0.05, 0) is 49.2 Å². The zero-order chi connectivity index (χ0) is 26.1. The van der Waals surface area contributed by atoms with Gasteiger partial charge in [0.15, 0.2) is 0 Å². The van der Waals surface area contributed by atoms with Crippen molar-refractivity contribution >= 4 is 51.1 Å². The van der Waals surface area contributed by atoms with Crippen molar-refractivity contribution in [1.82, 2.24) is 15.6 Å². The number of urea groups is 1. The van der Waals surface area contributed by atoms with E-state index in [-0.39, 0.29) is 38.4 Å². The summed E-state index contributed by atoms with van der Waals surface area (Å²) < 4.78 is 6.47. The number of amides is 3. The fraction of sp³-hybridized carbons (Fsp3) is 0.292. The average Bonchev–Trinajstić information content (AvgIpc) is 3.20. The summed E-state index contributed by atoms with van der Waals surface area (Å²) in [7, 11) is 0. The highest BCUT2D eigenvalue weighted by atomic mass is 32.1. The molecule has 3 aromatic rings. The molecule has 2 aromatic carbocycles. The number of fused-ring (bicyclic) bond motifs is 1. The molecule has 0 fully saturated rings. The number of carbonyl (C=O) groups excluding carboxylic acids is 4. The molecule has 3 rings (SSSR count). The SMILES string of the molecule is Cc1nc2ccc(NC(=O)CCNC(=O)NCCOc3ccc(CC(C(=O)[O-])C(=O)[O-])cc3)cc2s1. The number of carboxylic acid groups (broad SMARTS) is 2. The lowest BCUT2D eigenvalue weighted by atomic mass is 10.00. The Bertz CT molecular complexity index is 1230. The van der Waals surface area contributed by atoms with E-state index in [9.17, 15) is 29.4 Å². The standard InChI is InChI=1S/C24H26N4O7S/c1-14-27-19-7-4-16(13-20(19)36-14)28-21(29)8-9-25-24(34)26-10-11-35-17-5-2-15(3-6-17)12-18(22(30)31)23(32)33/h2-7,13,18H,8-12H2,1H3,(H,28,29)(H,30,31)(H,32,33)(H2,25,26,34)/p-2. The lowest BCUT2D eigenvalue weighted by Crippen LogP contribution is -2.44. The molecule has 0 radical (unpaired) electrons. The van der Waals surface area contributed by atoms with E-state index in [1.807, 2.05) is 19.1 Å². The number of carbonyl (C=O) groups is 4. The zero-order valence-corrected chi connectivity index (χ0v) is 20.2. The predicted octanol–water partition coefficient (Wildman–Crippen LogP) is -0.0300. The van der Waals surface area contributed by atoms with Crippen LogP contribution in [-0.2, 0) is 20.8 Å². The van der Waals surface area contributed by atoms with Gasteiger partial charge in [0.05, 0.1) is 33.7 Å². The van der Waals surface area contributed by atoms with Crippen LogP contribution in [0.4, 0.5) is 10.5 Å². The maximum atomic E-state index is 12.1. The number of nitrogens with zero attached hydrogens (tertiary/aromatic N) is 1. The van der Waals surface area contributed by atoms with Gasteiger partial charge in [0.25, 0.3) is 0 Å². The zero-order valence-electron chi connectivity index (χ0n) is 19.4. The molecule has 0 atom stereocenters. The lowest BCUT2D eigenvalue weighted by Gasteiger charge is -2.19. The largest absolute Gasteiger partial charge is 0.549 e. The molecule has 3 N–H and O–H groups in total. The first-order valence-electron chi connectivity index (χ1n) is 11.0. The number of nitrogens with one attached hydrogen (secondary N) is 3. The first-order chi connectivity index (χ1) is 17.2. The van der Waals surface area contributed by atoms with Crippen molar-refractivity contribution in [3.8, 4) is 5.75 Å². The van der Waals surface area contributed by atoms with E-state index in [1.165, 1.54) is 12.1 Å². The number of aliphatic carboxylic acids is 2. The molecule has 190 valence electrons. The maximum Gasteiger partial charge on any atom is 0.314 e. The first kappa shape index (κ1) is 26.4. The van der Waals surface area contributed by atoms with Gasteiger partial charge < -0.3 is 40.5 Å². The highest BCUT2D eigenvalue weighted by molar-refractivity contribution is 7.18. The van der Waals surface area contributed by atoms with Crippen molar-refractivity contribution in [2.45, 2.75) is 19.8 Å². The number of rotatable bonds is 12. The molecule has 3 amide bonds. The number of ether oxygens (including phenoxy) is 1. The second-order valence-corrected chi connectivity index (χ2v) is 9.02. The van der Waals surface area contributed by atoms with E-state index in [0.717, 1.165) is 15.2 Å². The minimum atomic E-state index is -1.73. The number of aromatic nitrogens is 1. The van der Waals surface area contributed by atoms with E-state index in [4.69, 9.17) is 4.74 Å². The number of benzene rings is 2. The summed E-state index contributed by atoms with van der Waals surface area (Å²) in [4.78, 5) is 50.1. The molecule has 0 bridgehead atoms. The molecule has 36 heavy (non-hydrogen) atoms. The van der Waals surface area contributed by atoms with Gasteiger partial charge in [0, 0.05) is 24.6 Å². The third-order valence-electron chi connectivity index (χ3n) is 5.01. The van der Waals surface area contributed by atoms with Crippen molar-refractivity contribution in [3.05, 3.63) is 53.0 Å². The lowest BCUT2D eigenvalue weighted by molar-refractivity contribution is -0.331.